The van der Waals surface area contributed by atoms with E-state index in [2.05, 4.69) is 20.7 Å². The van der Waals surface area contributed by atoms with Crippen molar-refractivity contribution in [3.63, 3.8) is 0 Å². The molecule has 0 saturated carbocycles. The number of fused-ring (bicyclic) bond motifs is 1. The number of rotatable bonds is 2. The summed E-state index contributed by atoms with van der Waals surface area (Å²) in [6, 6.07) is 8.06. The molecule has 0 saturated heterocycles. The molecule has 5 heteroatoms. The van der Waals surface area contributed by atoms with Crippen molar-refractivity contribution in [2.45, 2.75) is 13.5 Å². The maximum absolute atomic E-state index is 6.25. The zero-order chi connectivity index (χ0) is 12.7. The van der Waals surface area contributed by atoms with Crippen molar-refractivity contribution >= 4 is 22.6 Å². The Morgan fingerprint density at radius 2 is 2.06 bits per heavy atom. The number of aromatic nitrogens is 4. The van der Waals surface area contributed by atoms with E-state index in [0.29, 0.717) is 11.7 Å². The fourth-order valence-corrected chi connectivity index (χ4v) is 2.39. The van der Waals surface area contributed by atoms with Crippen LogP contribution in [0.1, 0.15) is 11.3 Å². The minimum Gasteiger partial charge on any atom is -0.326 e. The standard InChI is InChI=1S/C13H13ClN4/c1-9-10(13(14)17(2)16-9)7-18-8-15-11-5-3-4-6-12(11)18/h3-6,8H,7H2,1-2H3. The number of aryl methyl sites for hydroxylation is 2. The lowest BCUT2D eigenvalue weighted by atomic mass is 10.2. The molecule has 3 aromatic rings. The van der Waals surface area contributed by atoms with Crippen molar-refractivity contribution in [3.05, 3.63) is 47.0 Å². The molecule has 0 N–H and O–H groups in total. The number of hydrogen-bond acceptors (Lipinski definition) is 2. The lowest BCUT2D eigenvalue weighted by Gasteiger charge is -2.04. The van der Waals surface area contributed by atoms with Crippen molar-refractivity contribution in [3.8, 4) is 0 Å². The third-order valence-electron chi connectivity index (χ3n) is 3.13. The largest absolute Gasteiger partial charge is 0.326 e. The van der Waals surface area contributed by atoms with Crippen LogP contribution in [0.4, 0.5) is 0 Å². The molecule has 0 amide bonds. The Kier molecular flexibility index (Phi) is 2.59. The first-order chi connectivity index (χ1) is 8.66. The predicted molar refractivity (Wildman–Crippen MR) is 71.8 cm³/mol. The summed E-state index contributed by atoms with van der Waals surface area (Å²) in [5, 5.41) is 5.01. The van der Waals surface area contributed by atoms with Crippen LogP contribution >= 0.6 is 11.6 Å². The van der Waals surface area contributed by atoms with Gasteiger partial charge >= 0.3 is 0 Å². The third kappa shape index (κ3) is 1.69. The number of halogens is 1. The number of para-hydroxylation sites is 2. The van der Waals surface area contributed by atoms with Gasteiger partial charge in [0.25, 0.3) is 0 Å². The van der Waals surface area contributed by atoms with Gasteiger partial charge in [0.05, 0.1) is 29.6 Å². The second-order valence-corrected chi connectivity index (χ2v) is 4.70. The Hall–Kier alpha value is -1.81. The number of imidazole rings is 1. The van der Waals surface area contributed by atoms with Gasteiger partial charge in [0.1, 0.15) is 5.15 Å². The molecule has 18 heavy (non-hydrogen) atoms. The molecular formula is C13H13ClN4. The van der Waals surface area contributed by atoms with Crippen LogP contribution in [0, 0.1) is 6.92 Å². The highest BCUT2D eigenvalue weighted by Gasteiger charge is 2.12. The molecule has 0 spiro atoms. The summed E-state index contributed by atoms with van der Waals surface area (Å²) in [6.07, 6.45) is 1.84. The van der Waals surface area contributed by atoms with Crippen LogP contribution in [0.25, 0.3) is 11.0 Å². The molecule has 1 aromatic carbocycles. The van der Waals surface area contributed by atoms with Crippen LogP contribution in [0.5, 0.6) is 0 Å². The average molecular weight is 261 g/mol. The molecular weight excluding hydrogens is 248 g/mol. The van der Waals surface area contributed by atoms with Gasteiger partial charge in [-0.1, -0.05) is 23.7 Å². The van der Waals surface area contributed by atoms with Gasteiger partial charge in [-0.05, 0) is 19.1 Å². The molecule has 4 nitrogen and oxygen atoms in total. The highest BCUT2D eigenvalue weighted by atomic mass is 35.5. The van der Waals surface area contributed by atoms with E-state index in [1.54, 1.807) is 4.68 Å². The molecule has 2 aromatic heterocycles. The van der Waals surface area contributed by atoms with Crippen molar-refractivity contribution in [2.75, 3.05) is 0 Å². The molecule has 0 radical (unpaired) electrons. The van der Waals surface area contributed by atoms with Crippen molar-refractivity contribution in [1.82, 2.24) is 19.3 Å². The van der Waals surface area contributed by atoms with Gasteiger partial charge in [0.15, 0.2) is 0 Å². The Bertz CT molecular complexity index is 711. The van der Waals surface area contributed by atoms with Crippen molar-refractivity contribution in [2.24, 2.45) is 7.05 Å². The van der Waals surface area contributed by atoms with E-state index >= 15 is 0 Å². The predicted octanol–water partition coefficient (Wildman–Crippen LogP) is 2.78. The second-order valence-electron chi connectivity index (χ2n) is 4.34. The Labute approximate surface area is 110 Å². The summed E-state index contributed by atoms with van der Waals surface area (Å²) in [5.74, 6) is 0. The molecule has 0 bridgehead atoms. The van der Waals surface area contributed by atoms with Crippen LogP contribution in [0.15, 0.2) is 30.6 Å². The smallest absolute Gasteiger partial charge is 0.131 e. The monoisotopic (exact) mass is 260 g/mol. The normalized spacial score (nSPS) is 11.3. The first kappa shape index (κ1) is 11.3. The first-order valence-electron chi connectivity index (χ1n) is 5.74. The van der Waals surface area contributed by atoms with Gasteiger partial charge in [0, 0.05) is 12.6 Å². The highest BCUT2D eigenvalue weighted by Crippen LogP contribution is 2.21. The number of benzene rings is 1. The Balaban J connectivity index is 2.07. The highest BCUT2D eigenvalue weighted by molar-refractivity contribution is 6.30. The summed E-state index contributed by atoms with van der Waals surface area (Å²) in [7, 11) is 1.85. The van der Waals surface area contributed by atoms with E-state index in [9.17, 15) is 0 Å². The molecule has 2 heterocycles. The van der Waals surface area contributed by atoms with Crippen LogP contribution in [-0.2, 0) is 13.6 Å². The minimum atomic E-state index is 0.685. The summed E-state index contributed by atoms with van der Waals surface area (Å²) in [6.45, 7) is 2.67. The SMILES string of the molecule is Cc1nn(C)c(Cl)c1Cn1cnc2ccccc21. The van der Waals surface area contributed by atoms with Gasteiger partial charge < -0.3 is 4.57 Å². The third-order valence-corrected chi connectivity index (χ3v) is 3.60. The summed E-state index contributed by atoms with van der Waals surface area (Å²) in [5.41, 5.74) is 4.11. The van der Waals surface area contributed by atoms with E-state index in [0.717, 1.165) is 22.3 Å². The molecule has 0 aliphatic heterocycles. The molecule has 3 rings (SSSR count). The maximum Gasteiger partial charge on any atom is 0.131 e. The lowest BCUT2D eigenvalue weighted by Crippen LogP contribution is -1.99. The van der Waals surface area contributed by atoms with E-state index in [4.69, 9.17) is 11.6 Å². The van der Waals surface area contributed by atoms with Gasteiger partial charge in [-0.25, -0.2) is 4.98 Å². The fourth-order valence-electron chi connectivity index (χ4n) is 2.16. The minimum absolute atomic E-state index is 0.685. The maximum atomic E-state index is 6.25. The Morgan fingerprint density at radius 1 is 1.28 bits per heavy atom. The summed E-state index contributed by atoms with van der Waals surface area (Å²) >= 11 is 6.25. The zero-order valence-electron chi connectivity index (χ0n) is 10.3. The van der Waals surface area contributed by atoms with Gasteiger partial charge in [-0.15, -0.1) is 0 Å². The number of nitrogens with zero attached hydrogens (tertiary/aromatic N) is 4. The van der Waals surface area contributed by atoms with Gasteiger partial charge in [0.2, 0.25) is 0 Å². The Morgan fingerprint density at radius 3 is 2.78 bits per heavy atom. The summed E-state index contributed by atoms with van der Waals surface area (Å²) in [4.78, 5) is 4.37. The lowest BCUT2D eigenvalue weighted by molar-refractivity contribution is 0.757. The second kappa shape index (κ2) is 4.14. The van der Waals surface area contributed by atoms with Crippen LogP contribution in [0.2, 0.25) is 5.15 Å². The van der Waals surface area contributed by atoms with Crippen LogP contribution < -0.4 is 0 Å². The van der Waals surface area contributed by atoms with Crippen LogP contribution in [0.3, 0.4) is 0 Å². The van der Waals surface area contributed by atoms with E-state index in [1.165, 1.54) is 0 Å². The van der Waals surface area contributed by atoms with Gasteiger partial charge in [-0.3, -0.25) is 4.68 Å². The first-order valence-corrected chi connectivity index (χ1v) is 6.12. The number of hydrogen-bond donors (Lipinski definition) is 0. The molecule has 0 aliphatic carbocycles. The molecule has 92 valence electrons. The summed E-state index contributed by atoms with van der Waals surface area (Å²) < 4.78 is 3.79. The topological polar surface area (TPSA) is 35.6 Å². The van der Waals surface area contributed by atoms with Crippen molar-refractivity contribution in [1.29, 1.82) is 0 Å². The molecule has 0 atom stereocenters. The molecule has 0 unspecified atom stereocenters. The van der Waals surface area contributed by atoms with Gasteiger partial charge in [-0.2, -0.15) is 5.10 Å². The van der Waals surface area contributed by atoms with Crippen LogP contribution in [-0.4, -0.2) is 19.3 Å². The quantitative estimate of drug-likeness (QED) is 0.710. The van der Waals surface area contributed by atoms with Crippen molar-refractivity contribution < 1.29 is 0 Å². The fraction of sp³-hybridized carbons (Fsp3) is 0.231. The molecule has 0 fully saturated rings. The van der Waals surface area contributed by atoms with E-state index in [1.807, 2.05) is 38.5 Å². The zero-order valence-corrected chi connectivity index (χ0v) is 11.0. The van der Waals surface area contributed by atoms with E-state index in [-0.39, 0.29) is 0 Å². The molecule has 0 aliphatic rings. The average Bonchev–Trinajstić information content (AvgIpc) is 2.87. The van der Waals surface area contributed by atoms with E-state index < -0.39 is 0 Å².